The van der Waals surface area contributed by atoms with Crippen molar-refractivity contribution in [2.45, 2.75) is 26.2 Å². The first-order chi connectivity index (χ1) is 9.85. The van der Waals surface area contributed by atoms with Crippen LogP contribution < -0.4 is 10.6 Å². The fourth-order valence-corrected chi connectivity index (χ4v) is 3.74. The van der Waals surface area contributed by atoms with Crippen molar-refractivity contribution in [3.05, 3.63) is 24.8 Å². The van der Waals surface area contributed by atoms with E-state index in [9.17, 15) is 14.7 Å². The van der Waals surface area contributed by atoms with Crippen molar-refractivity contribution in [1.82, 2.24) is 5.32 Å². The molecule has 0 saturated carbocycles. The minimum atomic E-state index is -1.05. The summed E-state index contributed by atoms with van der Waals surface area (Å²) >= 11 is 9.14. The summed E-state index contributed by atoms with van der Waals surface area (Å²) in [5.74, 6) is -1.22. The molecule has 1 rings (SSSR count). The molecular weight excluding hydrogens is 518 g/mol. The van der Waals surface area contributed by atoms with Crippen molar-refractivity contribution >= 4 is 80.1 Å². The third-order valence-electron chi connectivity index (χ3n) is 2.53. The molecule has 0 atom stereocenters. The number of benzene rings is 1. The Balaban J connectivity index is 2.85. The maximum absolute atomic E-state index is 11.6. The third kappa shape index (κ3) is 6.02. The summed E-state index contributed by atoms with van der Waals surface area (Å²) in [7, 11) is 0. The molecule has 0 saturated heterocycles. The molecule has 3 N–H and O–H groups in total. The molecule has 21 heavy (non-hydrogen) atoms. The summed E-state index contributed by atoms with van der Waals surface area (Å²) in [6.45, 7) is 2.00. The second kappa shape index (κ2) is 8.83. The van der Waals surface area contributed by atoms with Crippen molar-refractivity contribution in [2.24, 2.45) is 0 Å². The Morgan fingerprint density at radius 2 is 2.00 bits per heavy atom. The van der Waals surface area contributed by atoms with Gasteiger partial charge in [0.15, 0.2) is 5.11 Å². The first kappa shape index (κ1) is 18.6. The molecule has 5 nitrogen and oxygen atoms in total. The fraction of sp³-hybridized carbons (Fsp3) is 0.308. The molecule has 0 spiro atoms. The van der Waals surface area contributed by atoms with E-state index in [4.69, 9.17) is 12.2 Å². The lowest BCUT2D eigenvalue weighted by Crippen LogP contribution is -2.34. The van der Waals surface area contributed by atoms with Gasteiger partial charge in [-0.05, 0) is 76.0 Å². The maximum Gasteiger partial charge on any atom is 0.337 e. The Hall–Kier alpha value is -0.490. The van der Waals surface area contributed by atoms with Crippen LogP contribution in [0.4, 0.5) is 5.69 Å². The molecule has 0 aliphatic carbocycles. The van der Waals surface area contributed by atoms with E-state index in [-0.39, 0.29) is 16.6 Å². The second-order valence-electron chi connectivity index (χ2n) is 4.22. The standard InChI is InChI=1S/C13H14I2N2O3S/c1-2-3-4-10(18)16-13(21)17-11-8(12(19)20)5-7(14)6-9(11)15/h5-6H,2-4H2,1H3,(H,19,20)(H2,16,17,18,21). The summed E-state index contributed by atoms with van der Waals surface area (Å²) in [5, 5.41) is 14.7. The van der Waals surface area contributed by atoms with Crippen LogP contribution >= 0.6 is 57.4 Å². The van der Waals surface area contributed by atoms with Gasteiger partial charge in [0.25, 0.3) is 0 Å². The van der Waals surface area contributed by atoms with Gasteiger partial charge < -0.3 is 15.7 Å². The van der Waals surface area contributed by atoms with E-state index >= 15 is 0 Å². The van der Waals surface area contributed by atoms with Crippen molar-refractivity contribution in [1.29, 1.82) is 0 Å². The van der Waals surface area contributed by atoms with E-state index in [1.165, 1.54) is 0 Å². The van der Waals surface area contributed by atoms with Crippen LogP contribution in [0, 0.1) is 7.14 Å². The van der Waals surface area contributed by atoms with Gasteiger partial charge in [-0.15, -0.1) is 0 Å². The first-order valence-corrected chi connectivity index (χ1v) is 8.75. The van der Waals surface area contributed by atoms with E-state index in [0.717, 1.165) is 20.0 Å². The van der Waals surface area contributed by atoms with Gasteiger partial charge in [0, 0.05) is 13.6 Å². The predicted molar refractivity (Wildman–Crippen MR) is 103 cm³/mol. The van der Waals surface area contributed by atoms with Gasteiger partial charge in [-0.3, -0.25) is 4.79 Å². The number of aromatic carboxylic acids is 1. The number of amides is 1. The summed E-state index contributed by atoms with van der Waals surface area (Å²) in [6.07, 6.45) is 2.11. The average Bonchev–Trinajstić information content (AvgIpc) is 2.38. The number of carbonyl (C=O) groups excluding carboxylic acids is 1. The highest BCUT2D eigenvalue weighted by molar-refractivity contribution is 14.1. The monoisotopic (exact) mass is 532 g/mol. The van der Waals surface area contributed by atoms with Gasteiger partial charge in [0.1, 0.15) is 0 Å². The Morgan fingerprint density at radius 3 is 2.57 bits per heavy atom. The smallest absolute Gasteiger partial charge is 0.337 e. The van der Waals surface area contributed by atoms with Crippen molar-refractivity contribution in [3.63, 3.8) is 0 Å². The predicted octanol–water partition coefficient (Wildman–Crippen LogP) is 3.60. The van der Waals surface area contributed by atoms with Crippen LogP contribution in [-0.4, -0.2) is 22.1 Å². The van der Waals surface area contributed by atoms with Crippen LogP contribution in [0.25, 0.3) is 0 Å². The normalized spacial score (nSPS) is 10.0. The second-order valence-corrected chi connectivity index (χ2v) is 7.04. The van der Waals surface area contributed by atoms with Crippen LogP contribution in [0.15, 0.2) is 12.1 Å². The molecule has 0 aliphatic heterocycles. The molecule has 0 fully saturated rings. The van der Waals surface area contributed by atoms with E-state index < -0.39 is 5.97 Å². The molecule has 1 aromatic rings. The van der Waals surface area contributed by atoms with Gasteiger partial charge in [0.2, 0.25) is 5.91 Å². The lowest BCUT2D eigenvalue weighted by atomic mass is 10.2. The Morgan fingerprint density at radius 1 is 1.33 bits per heavy atom. The third-order valence-corrected chi connectivity index (χ3v) is 4.21. The van der Waals surface area contributed by atoms with Crippen molar-refractivity contribution < 1.29 is 14.7 Å². The molecule has 1 aromatic carbocycles. The number of carbonyl (C=O) groups is 2. The fourth-order valence-electron chi connectivity index (χ4n) is 1.54. The molecular formula is C13H14I2N2O3S. The number of unbranched alkanes of at least 4 members (excludes halogenated alkanes) is 1. The Labute approximate surface area is 155 Å². The van der Waals surface area contributed by atoms with Crippen LogP contribution in [0.2, 0.25) is 0 Å². The molecule has 1 amide bonds. The van der Waals surface area contributed by atoms with Crippen LogP contribution in [0.3, 0.4) is 0 Å². The number of hydrogen-bond acceptors (Lipinski definition) is 3. The SMILES string of the molecule is CCCCC(=O)NC(=S)Nc1c(I)cc(I)cc1C(=O)O. The van der Waals surface area contributed by atoms with E-state index in [1.807, 2.05) is 35.6 Å². The Kier molecular flexibility index (Phi) is 7.81. The number of halogens is 2. The molecule has 0 aliphatic rings. The minimum absolute atomic E-state index is 0.109. The summed E-state index contributed by atoms with van der Waals surface area (Å²) in [6, 6.07) is 3.38. The van der Waals surface area contributed by atoms with Crippen molar-refractivity contribution in [2.75, 3.05) is 5.32 Å². The van der Waals surface area contributed by atoms with Crippen LogP contribution in [-0.2, 0) is 4.79 Å². The largest absolute Gasteiger partial charge is 0.478 e. The highest BCUT2D eigenvalue weighted by atomic mass is 127. The first-order valence-electron chi connectivity index (χ1n) is 6.18. The zero-order chi connectivity index (χ0) is 16.0. The zero-order valence-electron chi connectivity index (χ0n) is 11.2. The summed E-state index contributed by atoms with van der Waals surface area (Å²) in [5.41, 5.74) is 0.515. The number of carboxylic acid groups (broad SMARTS) is 1. The highest BCUT2D eigenvalue weighted by Gasteiger charge is 2.16. The molecule has 0 radical (unpaired) electrons. The van der Waals surface area contributed by atoms with Gasteiger partial charge in [-0.1, -0.05) is 13.3 Å². The summed E-state index contributed by atoms with van der Waals surface area (Å²) in [4.78, 5) is 22.9. The summed E-state index contributed by atoms with van der Waals surface area (Å²) < 4.78 is 1.54. The van der Waals surface area contributed by atoms with Gasteiger partial charge in [0.05, 0.1) is 11.3 Å². The van der Waals surface area contributed by atoms with Gasteiger partial charge in [-0.25, -0.2) is 4.79 Å². The maximum atomic E-state index is 11.6. The lowest BCUT2D eigenvalue weighted by Gasteiger charge is -2.14. The van der Waals surface area contributed by atoms with E-state index in [0.29, 0.717) is 12.1 Å². The van der Waals surface area contributed by atoms with Crippen LogP contribution in [0.1, 0.15) is 36.5 Å². The molecule has 0 aromatic heterocycles. The van der Waals surface area contributed by atoms with Crippen LogP contribution in [0.5, 0.6) is 0 Å². The Bertz CT molecular complexity index is 579. The topological polar surface area (TPSA) is 78.4 Å². The quantitative estimate of drug-likeness (QED) is 0.400. The van der Waals surface area contributed by atoms with E-state index in [2.05, 4.69) is 33.2 Å². The van der Waals surface area contributed by atoms with E-state index in [1.54, 1.807) is 6.07 Å². The van der Waals surface area contributed by atoms with Gasteiger partial charge >= 0.3 is 5.97 Å². The molecule has 0 heterocycles. The minimum Gasteiger partial charge on any atom is -0.478 e. The number of nitrogens with one attached hydrogen (secondary N) is 2. The van der Waals surface area contributed by atoms with Gasteiger partial charge in [-0.2, -0.15) is 0 Å². The number of thiocarbonyl (C=S) groups is 1. The molecule has 0 bridgehead atoms. The number of rotatable bonds is 5. The number of anilines is 1. The molecule has 8 heteroatoms. The highest BCUT2D eigenvalue weighted by Crippen LogP contribution is 2.26. The number of hydrogen-bond donors (Lipinski definition) is 3. The zero-order valence-corrected chi connectivity index (χ0v) is 16.3. The number of carboxylic acids is 1. The average molecular weight is 532 g/mol. The lowest BCUT2D eigenvalue weighted by molar-refractivity contribution is -0.119. The molecule has 114 valence electrons. The molecule has 0 unspecified atom stereocenters. The van der Waals surface area contributed by atoms with Crippen molar-refractivity contribution in [3.8, 4) is 0 Å².